The summed E-state index contributed by atoms with van der Waals surface area (Å²) in [5, 5.41) is 0. The van der Waals surface area contributed by atoms with E-state index in [1.165, 1.54) is 50.0 Å². The van der Waals surface area contributed by atoms with Gasteiger partial charge in [0.1, 0.15) is 0 Å². The first-order chi connectivity index (χ1) is 20.9. The smallest absolute Gasteiger partial charge is 0.329 e. The highest BCUT2D eigenvalue weighted by molar-refractivity contribution is 6.97. The topological polar surface area (TPSA) is 3.24 Å². The summed E-state index contributed by atoms with van der Waals surface area (Å²) < 4.78 is 0. The summed E-state index contributed by atoms with van der Waals surface area (Å²) in [5.74, 6) is 0. The Kier molecular flexibility index (Phi) is 7.10. The van der Waals surface area contributed by atoms with Crippen LogP contribution in [0.15, 0.2) is 182 Å². The second-order valence-corrected chi connectivity index (χ2v) is 10.5. The van der Waals surface area contributed by atoms with Crippen molar-refractivity contribution in [1.29, 1.82) is 0 Å². The van der Waals surface area contributed by atoms with Crippen LogP contribution in [0.4, 0.5) is 5.69 Å². The molecule has 0 unspecified atom stereocenters. The summed E-state index contributed by atoms with van der Waals surface area (Å²) >= 11 is 0. The van der Waals surface area contributed by atoms with Crippen molar-refractivity contribution >= 4 is 40.3 Å². The fourth-order valence-corrected chi connectivity index (χ4v) is 6.18. The average Bonchev–Trinajstić information content (AvgIpc) is 3.09. The maximum absolute atomic E-state index is 2.56. The number of hydrogen-bond acceptors (Lipinski definition) is 1. The molecular weight excluding hydrogens is 505 g/mol. The largest absolute Gasteiger partial charge is 0.376 e. The van der Waals surface area contributed by atoms with Gasteiger partial charge in [0.05, 0.1) is 0 Å². The number of benzene rings is 6. The van der Waals surface area contributed by atoms with E-state index in [0.29, 0.717) is 0 Å². The first kappa shape index (κ1) is 25.6. The summed E-state index contributed by atoms with van der Waals surface area (Å²) in [4.78, 5) is 2.56. The van der Waals surface area contributed by atoms with E-state index in [9.17, 15) is 0 Å². The summed E-state index contributed by atoms with van der Waals surface area (Å²) in [7, 11) is 0. The van der Waals surface area contributed by atoms with Gasteiger partial charge in [-0.2, -0.15) is 0 Å². The molecule has 6 aromatic rings. The SMILES string of the molecule is c1ccc(B2C(c3ccccc3)=C(c3ccccc3)C(c3ccccc3)=C(c3ccccc3)N2c2ccccc2)cc1. The number of para-hydroxylation sites is 1. The molecule has 0 N–H and O–H groups in total. The third-order valence-corrected chi connectivity index (χ3v) is 7.94. The molecule has 198 valence electrons. The van der Waals surface area contributed by atoms with Crippen LogP contribution in [0.2, 0.25) is 0 Å². The highest BCUT2D eigenvalue weighted by Gasteiger charge is 2.41. The molecule has 0 saturated heterocycles. The Bertz CT molecular complexity index is 1690. The molecule has 7 rings (SSSR count). The van der Waals surface area contributed by atoms with E-state index in [1.54, 1.807) is 0 Å². The van der Waals surface area contributed by atoms with E-state index in [2.05, 4.69) is 187 Å². The lowest BCUT2D eigenvalue weighted by molar-refractivity contribution is 1.37. The van der Waals surface area contributed by atoms with Crippen molar-refractivity contribution in [2.75, 3.05) is 4.81 Å². The number of hydrogen-bond donors (Lipinski definition) is 0. The molecule has 0 amide bonds. The molecule has 0 spiro atoms. The van der Waals surface area contributed by atoms with Crippen LogP contribution in [0.25, 0.3) is 22.3 Å². The molecule has 0 atom stereocenters. The second kappa shape index (κ2) is 11.6. The lowest BCUT2D eigenvalue weighted by Gasteiger charge is -2.42. The Morgan fingerprint density at radius 3 is 1.21 bits per heavy atom. The van der Waals surface area contributed by atoms with Gasteiger partial charge >= 0.3 is 6.85 Å². The van der Waals surface area contributed by atoms with Crippen LogP contribution in [0.3, 0.4) is 0 Å². The third kappa shape index (κ3) is 4.78. The van der Waals surface area contributed by atoms with Gasteiger partial charge < -0.3 is 4.81 Å². The molecule has 1 aliphatic rings. The Morgan fingerprint density at radius 2 is 0.714 bits per heavy atom. The van der Waals surface area contributed by atoms with Crippen molar-refractivity contribution in [2.24, 2.45) is 0 Å². The van der Waals surface area contributed by atoms with E-state index in [-0.39, 0.29) is 6.85 Å². The zero-order valence-electron chi connectivity index (χ0n) is 23.3. The predicted molar refractivity (Wildman–Crippen MR) is 180 cm³/mol. The zero-order chi connectivity index (χ0) is 28.1. The van der Waals surface area contributed by atoms with Crippen LogP contribution in [0, 0.1) is 0 Å². The number of rotatable bonds is 6. The minimum atomic E-state index is -0.0751. The predicted octanol–water partition coefficient (Wildman–Crippen LogP) is 9.12. The molecular formula is C40H30BN. The van der Waals surface area contributed by atoms with Gasteiger partial charge in [-0.15, -0.1) is 0 Å². The van der Waals surface area contributed by atoms with Gasteiger partial charge in [-0.1, -0.05) is 175 Å². The van der Waals surface area contributed by atoms with Crippen molar-refractivity contribution in [1.82, 2.24) is 0 Å². The monoisotopic (exact) mass is 535 g/mol. The van der Waals surface area contributed by atoms with Crippen LogP contribution in [0.5, 0.6) is 0 Å². The first-order valence-corrected chi connectivity index (χ1v) is 14.5. The molecule has 42 heavy (non-hydrogen) atoms. The summed E-state index contributed by atoms with van der Waals surface area (Å²) in [6.45, 7) is -0.0751. The molecule has 1 heterocycles. The zero-order valence-corrected chi connectivity index (χ0v) is 23.3. The van der Waals surface area contributed by atoms with E-state index in [1.807, 2.05) is 0 Å². The molecule has 0 aliphatic carbocycles. The van der Waals surface area contributed by atoms with Gasteiger partial charge in [-0.25, -0.2) is 0 Å². The minimum absolute atomic E-state index is 0.0751. The standard InChI is InChI=1S/C40H30BN/c1-7-19-31(20-8-1)37-38(32-21-9-2-10-22-32)40(34-25-13-4-14-26-34)42(36-29-17-6-18-30-36)41(35-27-15-5-16-28-35)39(37)33-23-11-3-12-24-33/h1-30H. The summed E-state index contributed by atoms with van der Waals surface area (Å²) in [6, 6.07) is 65.4. The van der Waals surface area contributed by atoms with Crippen molar-refractivity contribution in [3.63, 3.8) is 0 Å². The van der Waals surface area contributed by atoms with Crippen molar-refractivity contribution in [3.05, 3.63) is 204 Å². The number of anilines is 1. The number of allylic oxidation sites excluding steroid dienone is 2. The van der Waals surface area contributed by atoms with Gasteiger partial charge in [-0.05, 0) is 45.4 Å². The Labute approximate surface area is 248 Å². The highest BCUT2D eigenvalue weighted by Crippen LogP contribution is 2.49. The summed E-state index contributed by atoms with van der Waals surface area (Å²) in [6.07, 6.45) is 0. The molecule has 0 aromatic heterocycles. The van der Waals surface area contributed by atoms with Gasteiger partial charge in [0.15, 0.2) is 0 Å². The van der Waals surface area contributed by atoms with Crippen LogP contribution in [0.1, 0.15) is 22.3 Å². The molecule has 0 radical (unpaired) electrons. The van der Waals surface area contributed by atoms with E-state index in [4.69, 9.17) is 0 Å². The Balaban J connectivity index is 1.71. The second-order valence-electron chi connectivity index (χ2n) is 10.5. The molecule has 1 nitrogen and oxygen atoms in total. The normalized spacial score (nSPS) is 13.4. The minimum Gasteiger partial charge on any atom is -0.376 e. The fourth-order valence-electron chi connectivity index (χ4n) is 6.18. The summed E-state index contributed by atoms with van der Waals surface area (Å²) in [5.41, 5.74) is 12.2. The first-order valence-electron chi connectivity index (χ1n) is 14.5. The molecule has 0 fully saturated rings. The Hall–Kier alpha value is -5.34. The average molecular weight is 535 g/mol. The Morgan fingerprint density at radius 1 is 0.333 bits per heavy atom. The maximum atomic E-state index is 2.56. The van der Waals surface area contributed by atoms with Crippen LogP contribution in [-0.4, -0.2) is 6.85 Å². The van der Waals surface area contributed by atoms with Gasteiger partial charge in [-0.3, -0.25) is 0 Å². The highest BCUT2D eigenvalue weighted by atomic mass is 15.1. The quantitative estimate of drug-likeness (QED) is 0.192. The molecule has 0 bridgehead atoms. The van der Waals surface area contributed by atoms with Crippen molar-refractivity contribution < 1.29 is 0 Å². The number of nitrogens with zero attached hydrogens (tertiary/aromatic N) is 1. The van der Waals surface area contributed by atoms with Gasteiger partial charge in [0, 0.05) is 17.0 Å². The van der Waals surface area contributed by atoms with Crippen LogP contribution < -0.4 is 10.3 Å². The van der Waals surface area contributed by atoms with Crippen molar-refractivity contribution in [3.8, 4) is 0 Å². The molecule has 1 aliphatic heterocycles. The van der Waals surface area contributed by atoms with E-state index >= 15 is 0 Å². The third-order valence-electron chi connectivity index (χ3n) is 7.94. The van der Waals surface area contributed by atoms with Crippen LogP contribution >= 0.6 is 0 Å². The molecule has 6 aromatic carbocycles. The van der Waals surface area contributed by atoms with Crippen LogP contribution in [-0.2, 0) is 0 Å². The van der Waals surface area contributed by atoms with E-state index < -0.39 is 0 Å². The lowest BCUT2D eigenvalue weighted by atomic mass is 9.43. The fraction of sp³-hybridized carbons (Fsp3) is 0. The van der Waals surface area contributed by atoms with E-state index in [0.717, 1.165) is 5.69 Å². The van der Waals surface area contributed by atoms with Gasteiger partial charge in [0.2, 0.25) is 0 Å². The molecule has 2 heteroatoms. The van der Waals surface area contributed by atoms with Crippen molar-refractivity contribution in [2.45, 2.75) is 0 Å². The van der Waals surface area contributed by atoms with Gasteiger partial charge in [0.25, 0.3) is 0 Å². The molecule has 0 saturated carbocycles. The lowest BCUT2D eigenvalue weighted by Crippen LogP contribution is -2.51. The maximum Gasteiger partial charge on any atom is 0.329 e.